The van der Waals surface area contributed by atoms with E-state index < -0.39 is 0 Å². The fourth-order valence-electron chi connectivity index (χ4n) is 3.10. The number of esters is 1. The summed E-state index contributed by atoms with van der Waals surface area (Å²) in [4.78, 5) is 24.2. The van der Waals surface area contributed by atoms with Gasteiger partial charge in [-0.3, -0.25) is 4.79 Å². The maximum atomic E-state index is 12.1. The minimum atomic E-state index is -0.334. The molecule has 2 aromatic rings. The third kappa shape index (κ3) is 8.62. The Balaban J connectivity index is 1.69. The maximum absolute atomic E-state index is 12.1. The first kappa shape index (κ1) is 24.7. The van der Waals surface area contributed by atoms with Crippen LogP contribution in [0.15, 0.2) is 36.4 Å². The van der Waals surface area contributed by atoms with Gasteiger partial charge in [0.1, 0.15) is 5.75 Å². The second-order valence-corrected chi connectivity index (χ2v) is 8.02. The van der Waals surface area contributed by atoms with Crippen molar-refractivity contribution >= 4 is 29.2 Å². The number of carbonyl (C=O) groups is 2. The summed E-state index contributed by atoms with van der Waals surface area (Å²) in [6.07, 6.45) is 5.18. The number of hydrogen-bond donors (Lipinski definition) is 1. The first-order valence-corrected chi connectivity index (χ1v) is 11.2. The van der Waals surface area contributed by atoms with Crippen molar-refractivity contribution in [3.05, 3.63) is 58.1 Å². The predicted molar refractivity (Wildman–Crippen MR) is 125 cm³/mol. The van der Waals surface area contributed by atoms with E-state index in [0.29, 0.717) is 37.3 Å². The third-order valence-corrected chi connectivity index (χ3v) is 5.46. The minimum absolute atomic E-state index is 0.0988. The fourth-order valence-corrected chi connectivity index (χ4v) is 3.21. The van der Waals surface area contributed by atoms with E-state index in [1.807, 2.05) is 26.0 Å². The van der Waals surface area contributed by atoms with Gasteiger partial charge in [-0.2, -0.15) is 0 Å². The second kappa shape index (κ2) is 13.0. The van der Waals surface area contributed by atoms with Crippen LogP contribution in [-0.4, -0.2) is 25.1 Å². The van der Waals surface area contributed by atoms with Crippen LogP contribution in [0, 0.1) is 13.8 Å². The molecule has 6 heteroatoms. The molecule has 168 valence electrons. The highest BCUT2D eigenvalue weighted by molar-refractivity contribution is 6.32. The van der Waals surface area contributed by atoms with Gasteiger partial charge in [-0.25, -0.2) is 4.79 Å². The number of rotatable bonds is 12. The maximum Gasteiger partial charge on any atom is 0.338 e. The highest BCUT2D eigenvalue weighted by Crippen LogP contribution is 2.26. The molecule has 0 atom stereocenters. The Morgan fingerprint density at radius 3 is 2.26 bits per heavy atom. The zero-order chi connectivity index (χ0) is 22.6. The molecule has 0 fully saturated rings. The van der Waals surface area contributed by atoms with Gasteiger partial charge < -0.3 is 14.8 Å². The first-order valence-electron chi connectivity index (χ1n) is 10.9. The summed E-state index contributed by atoms with van der Waals surface area (Å²) >= 11 is 6.16. The molecular weight excluding hydrogens is 414 g/mol. The number of anilines is 1. The molecule has 0 heterocycles. The molecule has 0 radical (unpaired) electrons. The van der Waals surface area contributed by atoms with Gasteiger partial charge in [0.25, 0.3) is 0 Å². The van der Waals surface area contributed by atoms with Gasteiger partial charge in [-0.05, 0) is 74.2 Å². The molecule has 0 saturated heterocycles. The van der Waals surface area contributed by atoms with Gasteiger partial charge in [-0.1, -0.05) is 37.8 Å². The van der Waals surface area contributed by atoms with Crippen LogP contribution in [0.4, 0.5) is 5.69 Å². The van der Waals surface area contributed by atoms with Gasteiger partial charge >= 0.3 is 5.97 Å². The van der Waals surface area contributed by atoms with Crippen LogP contribution in [0.5, 0.6) is 5.75 Å². The summed E-state index contributed by atoms with van der Waals surface area (Å²) in [6, 6.07) is 10.5. The molecule has 0 aliphatic carbocycles. The lowest BCUT2D eigenvalue weighted by atomic mass is 10.1. The lowest BCUT2D eigenvalue weighted by molar-refractivity contribution is -0.116. The van der Waals surface area contributed by atoms with Crippen LogP contribution < -0.4 is 10.1 Å². The number of ether oxygens (including phenoxy) is 2. The lowest BCUT2D eigenvalue weighted by Gasteiger charge is -2.10. The Hall–Kier alpha value is -2.53. The SMILES string of the molecule is CCCCCCOC(=O)c1ccc(NC(=O)CCCOc2cc(C)c(Cl)c(C)c2)cc1. The number of halogens is 1. The van der Waals surface area contributed by atoms with E-state index in [1.165, 1.54) is 0 Å². The molecule has 31 heavy (non-hydrogen) atoms. The number of aryl methyl sites for hydroxylation is 2. The molecule has 1 amide bonds. The minimum Gasteiger partial charge on any atom is -0.494 e. The second-order valence-electron chi connectivity index (χ2n) is 7.65. The molecule has 0 aliphatic heterocycles. The van der Waals surface area contributed by atoms with Crippen molar-refractivity contribution in [2.24, 2.45) is 0 Å². The number of unbranched alkanes of at least 4 members (excludes halogenated alkanes) is 3. The van der Waals surface area contributed by atoms with E-state index in [9.17, 15) is 9.59 Å². The molecule has 5 nitrogen and oxygen atoms in total. The highest BCUT2D eigenvalue weighted by Gasteiger charge is 2.09. The first-order chi connectivity index (χ1) is 14.9. The van der Waals surface area contributed by atoms with Crippen LogP contribution in [0.3, 0.4) is 0 Å². The molecule has 2 rings (SSSR count). The summed E-state index contributed by atoms with van der Waals surface area (Å²) in [5.41, 5.74) is 3.07. The monoisotopic (exact) mass is 445 g/mol. The van der Waals surface area contributed by atoms with Gasteiger partial charge in [0, 0.05) is 17.1 Å². The van der Waals surface area contributed by atoms with Gasteiger partial charge in [0.15, 0.2) is 0 Å². The van der Waals surface area contributed by atoms with Crippen LogP contribution in [-0.2, 0) is 9.53 Å². The Morgan fingerprint density at radius 1 is 0.935 bits per heavy atom. The molecular formula is C25H32ClNO4. The van der Waals surface area contributed by atoms with Gasteiger partial charge in [-0.15, -0.1) is 0 Å². The molecule has 1 N–H and O–H groups in total. The summed E-state index contributed by atoms with van der Waals surface area (Å²) < 4.78 is 11.0. The smallest absolute Gasteiger partial charge is 0.338 e. The predicted octanol–water partition coefficient (Wildman–Crippen LogP) is 6.49. The number of benzene rings is 2. The Morgan fingerprint density at radius 2 is 1.61 bits per heavy atom. The molecule has 0 bridgehead atoms. The van der Waals surface area contributed by atoms with Crippen molar-refractivity contribution in [1.82, 2.24) is 0 Å². The largest absolute Gasteiger partial charge is 0.494 e. The average Bonchev–Trinajstić information content (AvgIpc) is 2.75. The molecule has 0 aliphatic rings. The molecule has 0 saturated carbocycles. The van der Waals surface area contributed by atoms with E-state index in [-0.39, 0.29) is 11.9 Å². The Labute approximate surface area is 190 Å². The summed E-state index contributed by atoms with van der Waals surface area (Å²) in [7, 11) is 0. The van der Waals surface area contributed by atoms with Crippen LogP contribution in [0.25, 0.3) is 0 Å². The van der Waals surface area contributed by atoms with Crippen molar-refractivity contribution in [2.45, 2.75) is 59.3 Å². The zero-order valence-corrected chi connectivity index (χ0v) is 19.4. The molecule has 2 aromatic carbocycles. The summed E-state index contributed by atoms with van der Waals surface area (Å²) in [6.45, 7) is 6.90. The quantitative estimate of drug-likeness (QED) is 0.299. The van der Waals surface area contributed by atoms with Crippen LogP contribution in [0.1, 0.15) is 66.9 Å². The highest BCUT2D eigenvalue weighted by atomic mass is 35.5. The van der Waals surface area contributed by atoms with Crippen molar-refractivity contribution in [3.8, 4) is 5.75 Å². The van der Waals surface area contributed by atoms with Crippen molar-refractivity contribution < 1.29 is 19.1 Å². The molecule has 0 spiro atoms. The zero-order valence-electron chi connectivity index (χ0n) is 18.6. The topological polar surface area (TPSA) is 64.6 Å². The summed E-state index contributed by atoms with van der Waals surface area (Å²) in [5, 5.41) is 3.58. The molecule has 0 aromatic heterocycles. The fraction of sp³-hybridized carbons (Fsp3) is 0.440. The number of carbonyl (C=O) groups excluding carboxylic acids is 2. The van der Waals surface area contributed by atoms with Crippen molar-refractivity contribution in [3.63, 3.8) is 0 Å². The normalized spacial score (nSPS) is 10.6. The van der Waals surface area contributed by atoms with E-state index >= 15 is 0 Å². The van der Waals surface area contributed by atoms with E-state index in [2.05, 4.69) is 12.2 Å². The van der Waals surface area contributed by atoms with Crippen molar-refractivity contribution in [1.29, 1.82) is 0 Å². The van der Waals surface area contributed by atoms with Crippen molar-refractivity contribution in [2.75, 3.05) is 18.5 Å². The van der Waals surface area contributed by atoms with Gasteiger partial charge in [0.2, 0.25) is 5.91 Å². The number of nitrogens with one attached hydrogen (secondary N) is 1. The Bertz CT molecular complexity index is 841. The molecule has 0 unspecified atom stereocenters. The standard InChI is InChI=1S/C25H32ClNO4/c1-4-5-6-7-14-31-25(29)20-10-12-21(13-11-20)27-23(28)9-8-15-30-22-16-18(2)24(26)19(3)17-22/h10-13,16-17H,4-9,14-15H2,1-3H3,(H,27,28). The Kier molecular flexibility index (Phi) is 10.4. The third-order valence-electron chi connectivity index (χ3n) is 4.86. The number of amides is 1. The van der Waals surface area contributed by atoms with E-state index in [1.54, 1.807) is 24.3 Å². The number of hydrogen-bond acceptors (Lipinski definition) is 4. The average molecular weight is 446 g/mol. The van der Waals surface area contributed by atoms with Gasteiger partial charge in [0.05, 0.1) is 18.8 Å². The van der Waals surface area contributed by atoms with E-state index in [0.717, 1.165) is 47.6 Å². The van der Waals surface area contributed by atoms with Crippen LogP contribution in [0.2, 0.25) is 5.02 Å². The van der Waals surface area contributed by atoms with Crippen LogP contribution >= 0.6 is 11.6 Å². The summed E-state index contributed by atoms with van der Waals surface area (Å²) in [5.74, 6) is 0.324. The lowest BCUT2D eigenvalue weighted by Crippen LogP contribution is -2.13. The van der Waals surface area contributed by atoms with E-state index in [4.69, 9.17) is 21.1 Å².